The lowest BCUT2D eigenvalue weighted by molar-refractivity contribution is 0.0673. The van der Waals surface area contributed by atoms with Gasteiger partial charge in [0.05, 0.1) is 11.8 Å². The van der Waals surface area contributed by atoms with Gasteiger partial charge < -0.3 is 10.2 Å². The third-order valence-electron chi connectivity index (χ3n) is 4.45. The summed E-state index contributed by atoms with van der Waals surface area (Å²) in [6.45, 7) is 2.65. The fourth-order valence-corrected chi connectivity index (χ4v) is 3.33. The molecule has 20 heavy (non-hydrogen) atoms. The zero-order chi connectivity index (χ0) is 13.9. The second kappa shape index (κ2) is 5.87. The Labute approximate surface area is 118 Å². The minimum atomic E-state index is -0.458. The zero-order valence-electron chi connectivity index (χ0n) is 11.5. The Morgan fingerprint density at radius 2 is 2.10 bits per heavy atom. The Bertz CT molecular complexity index is 480. The second-order valence-electron chi connectivity index (χ2n) is 5.72. The molecule has 1 aromatic heterocycles. The van der Waals surface area contributed by atoms with E-state index in [0.717, 1.165) is 38.7 Å². The normalized spacial score (nSPS) is 24.1. The van der Waals surface area contributed by atoms with Crippen molar-refractivity contribution in [2.45, 2.75) is 31.7 Å². The van der Waals surface area contributed by atoms with Gasteiger partial charge in [-0.15, -0.1) is 0 Å². The van der Waals surface area contributed by atoms with Gasteiger partial charge in [-0.25, -0.2) is 4.39 Å². The van der Waals surface area contributed by atoms with Gasteiger partial charge in [-0.05, 0) is 44.2 Å². The molecule has 1 atom stereocenters. The summed E-state index contributed by atoms with van der Waals surface area (Å²) >= 11 is 0. The minimum Gasteiger partial charge on any atom is -0.339 e. The fraction of sp³-hybridized carbons (Fsp3) is 0.600. The Morgan fingerprint density at radius 3 is 2.75 bits per heavy atom. The number of pyridine rings is 1. The molecular weight excluding hydrogens is 257 g/mol. The molecule has 4 nitrogen and oxygen atoms in total. The highest BCUT2D eigenvalue weighted by Crippen LogP contribution is 2.26. The van der Waals surface area contributed by atoms with E-state index in [2.05, 4.69) is 10.3 Å². The number of nitrogens with zero attached hydrogens (tertiary/aromatic N) is 2. The van der Waals surface area contributed by atoms with Gasteiger partial charge in [-0.2, -0.15) is 0 Å². The molecule has 5 heteroatoms. The van der Waals surface area contributed by atoms with E-state index in [9.17, 15) is 9.18 Å². The molecule has 2 aliphatic heterocycles. The number of halogens is 1. The summed E-state index contributed by atoms with van der Waals surface area (Å²) in [5.74, 6) is 0.114. The maximum Gasteiger partial charge on any atom is 0.255 e. The van der Waals surface area contributed by atoms with Crippen LogP contribution in [0.15, 0.2) is 18.5 Å². The van der Waals surface area contributed by atoms with Crippen LogP contribution in [0.2, 0.25) is 0 Å². The molecule has 1 aromatic rings. The summed E-state index contributed by atoms with van der Waals surface area (Å²) in [6.07, 6.45) is 7.15. The van der Waals surface area contributed by atoms with E-state index in [0.29, 0.717) is 17.5 Å². The number of rotatable bonds is 2. The van der Waals surface area contributed by atoms with Gasteiger partial charge in [-0.3, -0.25) is 9.78 Å². The Kier molecular flexibility index (Phi) is 3.96. The van der Waals surface area contributed by atoms with E-state index >= 15 is 0 Å². The standard InChI is InChI=1S/C15H20FN3O/c16-13-8-12(9-17-10-13)15(20)19-6-3-11(4-7-19)14-2-1-5-18-14/h8-11,14,18H,1-7H2. The number of carbonyl (C=O) groups excluding carboxylic acids is 1. The second-order valence-corrected chi connectivity index (χ2v) is 5.72. The van der Waals surface area contributed by atoms with Crippen LogP contribution >= 0.6 is 0 Å². The van der Waals surface area contributed by atoms with Crippen molar-refractivity contribution in [3.63, 3.8) is 0 Å². The molecule has 1 amide bonds. The molecule has 0 saturated carbocycles. The van der Waals surface area contributed by atoms with E-state index in [1.165, 1.54) is 25.1 Å². The smallest absolute Gasteiger partial charge is 0.255 e. The molecule has 2 fully saturated rings. The first-order valence-electron chi connectivity index (χ1n) is 7.37. The van der Waals surface area contributed by atoms with Crippen LogP contribution in [0.4, 0.5) is 4.39 Å². The zero-order valence-corrected chi connectivity index (χ0v) is 11.5. The minimum absolute atomic E-state index is 0.102. The van der Waals surface area contributed by atoms with Crippen LogP contribution in [-0.4, -0.2) is 41.5 Å². The van der Waals surface area contributed by atoms with Gasteiger partial charge in [0, 0.05) is 25.3 Å². The third-order valence-corrected chi connectivity index (χ3v) is 4.45. The number of carbonyl (C=O) groups is 1. The van der Waals surface area contributed by atoms with Crippen LogP contribution in [0.25, 0.3) is 0 Å². The van der Waals surface area contributed by atoms with E-state index in [-0.39, 0.29) is 5.91 Å². The van der Waals surface area contributed by atoms with E-state index in [4.69, 9.17) is 0 Å². The highest BCUT2D eigenvalue weighted by Gasteiger charge is 2.30. The van der Waals surface area contributed by atoms with Crippen molar-refractivity contribution in [2.75, 3.05) is 19.6 Å². The lowest BCUT2D eigenvalue weighted by Gasteiger charge is -2.34. The third kappa shape index (κ3) is 2.82. The van der Waals surface area contributed by atoms with E-state index < -0.39 is 5.82 Å². The largest absolute Gasteiger partial charge is 0.339 e. The molecular formula is C15H20FN3O. The monoisotopic (exact) mass is 277 g/mol. The van der Waals surface area contributed by atoms with Gasteiger partial charge in [0.2, 0.25) is 0 Å². The topological polar surface area (TPSA) is 45.2 Å². The molecule has 0 radical (unpaired) electrons. The average Bonchev–Trinajstić information content (AvgIpc) is 3.01. The van der Waals surface area contributed by atoms with Crippen molar-refractivity contribution >= 4 is 5.91 Å². The molecule has 0 aromatic carbocycles. The van der Waals surface area contributed by atoms with Gasteiger partial charge in [0.25, 0.3) is 5.91 Å². The molecule has 108 valence electrons. The quantitative estimate of drug-likeness (QED) is 0.897. The Hall–Kier alpha value is -1.49. The first-order chi connectivity index (χ1) is 9.74. The molecule has 3 heterocycles. The van der Waals surface area contributed by atoms with Crippen LogP contribution in [0.1, 0.15) is 36.0 Å². The molecule has 1 N–H and O–H groups in total. The summed E-state index contributed by atoms with van der Waals surface area (Å²) in [7, 11) is 0. The number of piperidine rings is 1. The van der Waals surface area contributed by atoms with Crippen molar-refractivity contribution in [3.05, 3.63) is 29.8 Å². The molecule has 0 spiro atoms. The highest BCUT2D eigenvalue weighted by atomic mass is 19.1. The predicted molar refractivity (Wildman–Crippen MR) is 73.8 cm³/mol. The molecule has 0 aliphatic carbocycles. The van der Waals surface area contributed by atoms with Gasteiger partial charge in [0.1, 0.15) is 5.82 Å². The number of hydrogen-bond acceptors (Lipinski definition) is 3. The predicted octanol–water partition coefficient (Wildman–Crippen LogP) is 1.82. The summed E-state index contributed by atoms with van der Waals surface area (Å²) < 4.78 is 13.1. The number of amides is 1. The molecule has 0 bridgehead atoms. The van der Waals surface area contributed by atoms with Crippen LogP contribution in [0.5, 0.6) is 0 Å². The van der Waals surface area contributed by atoms with Crippen LogP contribution in [0.3, 0.4) is 0 Å². The first kappa shape index (κ1) is 13.5. The average molecular weight is 277 g/mol. The van der Waals surface area contributed by atoms with Crippen LogP contribution < -0.4 is 5.32 Å². The fourth-order valence-electron chi connectivity index (χ4n) is 3.33. The van der Waals surface area contributed by atoms with Crippen LogP contribution in [0, 0.1) is 11.7 Å². The number of nitrogens with one attached hydrogen (secondary N) is 1. The number of aromatic nitrogens is 1. The van der Waals surface area contributed by atoms with Crippen molar-refractivity contribution in [2.24, 2.45) is 5.92 Å². The molecule has 3 rings (SSSR count). The van der Waals surface area contributed by atoms with E-state index in [1.807, 2.05) is 4.90 Å². The van der Waals surface area contributed by atoms with Crippen LogP contribution in [-0.2, 0) is 0 Å². The van der Waals surface area contributed by atoms with Gasteiger partial charge >= 0.3 is 0 Å². The van der Waals surface area contributed by atoms with Crippen molar-refractivity contribution in [1.82, 2.24) is 15.2 Å². The van der Waals surface area contributed by atoms with Crippen molar-refractivity contribution in [1.29, 1.82) is 0 Å². The van der Waals surface area contributed by atoms with Crippen molar-refractivity contribution in [3.8, 4) is 0 Å². The first-order valence-corrected chi connectivity index (χ1v) is 7.37. The summed E-state index contributed by atoms with van der Waals surface area (Å²) in [6, 6.07) is 1.89. The summed E-state index contributed by atoms with van der Waals surface area (Å²) in [5.41, 5.74) is 0.349. The number of hydrogen-bond donors (Lipinski definition) is 1. The lowest BCUT2D eigenvalue weighted by atomic mass is 9.88. The SMILES string of the molecule is O=C(c1cncc(F)c1)N1CCC(C2CCCN2)CC1. The van der Waals surface area contributed by atoms with E-state index in [1.54, 1.807) is 0 Å². The lowest BCUT2D eigenvalue weighted by Crippen LogP contribution is -2.43. The number of likely N-dealkylation sites (tertiary alicyclic amines) is 1. The highest BCUT2D eigenvalue weighted by molar-refractivity contribution is 5.93. The van der Waals surface area contributed by atoms with Gasteiger partial charge in [0.15, 0.2) is 0 Å². The maximum atomic E-state index is 13.1. The summed E-state index contributed by atoms with van der Waals surface area (Å²) in [5, 5.41) is 3.55. The molecule has 1 unspecified atom stereocenters. The van der Waals surface area contributed by atoms with Gasteiger partial charge in [-0.1, -0.05) is 0 Å². The van der Waals surface area contributed by atoms with Crippen molar-refractivity contribution < 1.29 is 9.18 Å². The molecule has 2 aliphatic rings. The maximum absolute atomic E-state index is 13.1. The summed E-state index contributed by atoms with van der Waals surface area (Å²) in [4.78, 5) is 17.9. The Morgan fingerprint density at radius 1 is 1.30 bits per heavy atom. The Balaban J connectivity index is 1.58. The molecule has 2 saturated heterocycles.